The molecular formula is C15H14O. The molecule has 0 spiro atoms. The fourth-order valence-electron chi connectivity index (χ4n) is 1.70. The first-order chi connectivity index (χ1) is 7.85. The Balaban J connectivity index is 2.57. The molecule has 0 fully saturated rings. The number of ether oxygens (including phenoxy) is 1. The average Bonchev–Trinajstić information content (AvgIpc) is 2.39. The summed E-state index contributed by atoms with van der Waals surface area (Å²) in [7, 11) is 1.69. The van der Waals surface area contributed by atoms with E-state index in [9.17, 15) is 0 Å². The highest BCUT2D eigenvalue weighted by Gasteiger charge is 2.05. The summed E-state index contributed by atoms with van der Waals surface area (Å²) in [4.78, 5) is 0. The smallest absolute Gasteiger partial charge is 0.126 e. The highest BCUT2D eigenvalue weighted by atomic mass is 16.5. The van der Waals surface area contributed by atoms with Crippen molar-refractivity contribution in [2.45, 2.75) is 0 Å². The lowest BCUT2D eigenvalue weighted by molar-refractivity contribution is 0.416. The fraction of sp³-hybridized carbons (Fsp3) is 0.0667. The van der Waals surface area contributed by atoms with Crippen molar-refractivity contribution in [2.24, 2.45) is 0 Å². The SMILES string of the molecule is C=Cc1ccc(OC)c(-c2ccccc2)c1. The van der Waals surface area contributed by atoms with Crippen LogP contribution in [0, 0.1) is 0 Å². The minimum atomic E-state index is 0.886. The molecule has 2 rings (SSSR count). The second-order valence-corrected chi connectivity index (χ2v) is 3.53. The molecule has 0 N–H and O–H groups in total. The molecular weight excluding hydrogens is 196 g/mol. The van der Waals surface area contributed by atoms with Crippen LogP contribution in [0.1, 0.15) is 5.56 Å². The molecule has 16 heavy (non-hydrogen) atoms. The van der Waals surface area contributed by atoms with Gasteiger partial charge in [0.1, 0.15) is 5.75 Å². The van der Waals surface area contributed by atoms with Crippen LogP contribution in [-0.2, 0) is 0 Å². The van der Waals surface area contributed by atoms with E-state index >= 15 is 0 Å². The predicted molar refractivity (Wildman–Crippen MR) is 68.5 cm³/mol. The molecule has 0 saturated carbocycles. The Bertz CT molecular complexity index is 486. The molecule has 1 heteroatoms. The van der Waals surface area contributed by atoms with Crippen LogP contribution in [0.25, 0.3) is 17.2 Å². The minimum Gasteiger partial charge on any atom is -0.496 e. The van der Waals surface area contributed by atoms with E-state index < -0.39 is 0 Å². The third kappa shape index (κ3) is 1.98. The standard InChI is InChI=1S/C15H14O/c1-3-12-9-10-15(16-2)14(11-12)13-7-5-4-6-8-13/h3-11H,1H2,2H3. The van der Waals surface area contributed by atoms with Gasteiger partial charge in [-0.15, -0.1) is 0 Å². The Labute approximate surface area is 96.0 Å². The number of hydrogen-bond acceptors (Lipinski definition) is 1. The van der Waals surface area contributed by atoms with Crippen LogP contribution in [0.15, 0.2) is 55.1 Å². The molecule has 2 aromatic rings. The molecule has 0 bridgehead atoms. The monoisotopic (exact) mass is 210 g/mol. The van der Waals surface area contributed by atoms with Crippen molar-refractivity contribution in [3.63, 3.8) is 0 Å². The zero-order chi connectivity index (χ0) is 11.4. The summed E-state index contributed by atoms with van der Waals surface area (Å²) in [5, 5.41) is 0. The van der Waals surface area contributed by atoms with Crippen molar-refractivity contribution in [3.8, 4) is 16.9 Å². The number of benzene rings is 2. The quantitative estimate of drug-likeness (QED) is 0.743. The van der Waals surface area contributed by atoms with Gasteiger partial charge in [0.2, 0.25) is 0 Å². The van der Waals surface area contributed by atoms with E-state index in [1.54, 1.807) is 7.11 Å². The van der Waals surface area contributed by atoms with Crippen LogP contribution >= 0.6 is 0 Å². The third-order valence-corrected chi connectivity index (χ3v) is 2.54. The highest BCUT2D eigenvalue weighted by molar-refractivity contribution is 5.73. The van der Waals surface area contributed by atoms with Gasteiger partial charge in [0.25, 0.3) is 0 Å². The second-order valence-electron chi connectivity index (χ2n) is 3.53. The van der Waals surface area contributed by atoms with Gasteiger partial charge in [0, 0.05) is 5.56 Å². The number of methoxy groups -OCH3 is 1. The summed E-state index contributed by atoms with van der Waals surface area (Å²) < 4.78 is 5.36. The topological polar surface area (TPSA) is 9.23 Å². The van der Waals surface area contributed by atoms with Crippen molar-refractivity contribution in [3.05, 3.63) is 60.7 Å². The largest absolute Gasteiger partial charge is 0.496 e. The van der Waals surface area contributed by atoms with Gasteiger partial charge in [-0.2, -0.15) is 0 Å². The second kappa shape index (κ2) is 4.67. The lowest BCUT2D eigenvalue weighted by Gasteiger charge is -2.09. The van der Waals surface area contributed by atoms with Gasteiger partial charge < -0.3 is 4.74 Å². The molecule has 0 unspecified atom stereocenters. The maximum Gasteiger partial charge on any atom is 0.126 e. The molecule has 0 saturated heterocycles. The molecule has 0 heterocycles. The maximum atomic E-state index is 5.36. The van der Waals surface area contributed by atoms with Gasteiger partial charge in [-0.25, -0.2) is 0 Å². The van der Waals surface area contributed by atoms with Gasteiger partial charge in [-0.05, 0) is 23.3 Å². The van der Waals surface area contributed by atoms with E-state index in [0.717, 1.165) is 22.4 Å². The molecule has 80 valence electrons. The number of rotatable bonds is 3. The van der Waals surface area contributed by atoms with Crippen molar-refractivity contribution in [1.82, 2.24) is 0 Å². The van der Waals surface area contributed by atoms with Crippen molar-refractivity contribution >= 4 is 6.08 Å². The Morgan fingerprint density at radius 2 is 1.81 bits per heavy atom. The highest BCUT2D eigenvalue weighted by Crippen LogP contribution is 2.30. The molecule has 0 amide bonds. The first-order valence-corrected chi connectivity index (χ1v) is 5.21. The van der Waals surface area contributed by atoms with Crippen LogP contribution in [0.5, 0.6) is 5.75 Å². The summed E-state index contributed by atoms with van der Waals surface area (Å²) in [5.41, 5.74) is 3.35. The molecule has 0 aromatic heterocycles. The normalized spacial score (nSPS) is 9.81. The summed E-state index contributed by atoms with van der Waals surface area (Å²) in [6, 6.07) is 16.3. The summed E-state index contributed by atoms with van der Waals surface area (Å²) in [6.45, 7) is 3.78. The fourth-order valence-corrected chi connectivity index (χ4v) is 1.70. The van der Waals surface area contributed by atoms with E-state index in [-0.39, 0.29) is 0 Å². The van der Waals surface area contributed by atoms with Crippen LogP contribution in [-0.4, -0.2) is 7.11 Å². The molecule has 0 atom stereocenters. The summed E-state index contributed by atoms with van der Waals surface area (Å²) in [5.74, 6) is 0.886. The van der Waals surface area contributed by atoms with Crippen LogP contribution < -0.4 is 4.74 Å². The van der Waals surface area contributed by atoms with Gasteiger partial charge in [0.15, 0.2) is 0 Å². The van der Waals surface area contributed by atoms with E-state index in [4.69, 9.17) is 4.74 Å². The van der Waals surface area contributed by atoms with Gasteiger partial charge in [-0.1, -0.05) is 49.1 Å². The first-order valence-electron chi connectivity index (χ1n) is 5.21. The molecule has 2 aromatic carbocycles. The Kier molecular flexibility index (Phi) is 3.06. The van der Waals surface area contributed by atoms with E-state index in [1.165, 1.54) is 0 Å². The van der Waals surface area contributed by atoms with Crippen molar-refractivity contribution in [2.75, 3.05) is 7.11 Å². The Morgan fingerprint density at radius 1 is 1.06 bits per heavy atom. The Hall–Kier alpha value is -2.02. The third-order valence-electron chi connectivity index (χ3n) is 2.54. The average molecular weight is 210 g/mol. The van der Waals surface area contributed by atoms with Crippen LogP contribution in [0.2, 0.25) is 0 Å². The van der Waals surface area contributed by atoms with Gasteiger partial charge in [0.05, 0.1) is 7.11 Å². The zero-order valence-electron chi connectivity index (χ0n) is 9.31. The van der Waals surface area contributed by atoms with Gasteiger partial charge in [-0.3, -0.25) is 0 Å². The molecule has 0 aliphatic carbocycles. The van der Waals surface area contributed by atoms with Crippen molar-refractivity contribution in [1.29, 1.82) is 0 Å². The number of hydrogen-bond donors (Lipinski definition) is 0. The van der Waals surface area contributed by atoms with E-state index in [2.05, 4.69) is 24.8 Å². The molecule has 0 radical (unpaired) electrons. The lowest BCUT2D eigenvalue weighted by Crippen LogP contribution is -1.88. The van der Waals surface area contributed by atoms with Crippen LogP contribution in [0.4, 0.5) is 0 Å². The lowest BCUT2D eigenvalue weighted by atomic mass is 10.0. The zero-order valence-corrected chi connectivity index (χ0v) is 9.31. The van der Waals surface area contributed by atoms with Gasteiger partial charge >= 0.3 is 0 Å². The van der Waals surface area contributed by atoms with E-state index in [0.29, 0.717) is 0 Å². The Morgan fingerprint density at radius 3 is 2.44 bits per heavy atom. The molecule has 0 aliphatic heterocycles. The van der Waals surface area contributed by atoms with Crippen molar-refractivity contribution < 1.29 is 4.74 Å². The minimum absolute atomic E-state index is 0.886. The van der Waals surface area contributed by atoms with E-state index in [1.807, 2.05) is 36.4 Å². The molecule has 1 nitrogen and oxygen atoms in total. The summed E-state index contributed by atoms with van der Waals surface area (Å²) in [6.07, 6.45) is 1.84. The summed E-state index contributed by atoms with van der Waals surface area (Å²) >= 11 is 0. The molecule has 0 aliphatic rings. The maximum absolute atomic E-state index is 5.36. The first kappa shape index (κ1) is 10.5. The van der Waals surface area contributed by atoms with Crippen LogP contribution in [0.3, 0.4) is 0 Å². The predicted octanol–water partition coefficient (Wildman–Crippen LogP) is 4.01.